The fourth-order valence-electron chi connectivity index (χ4n) is 5.36. The molecule has 13 heteroatoms. The number of aromatic nitrogens is 2. The first kappa shape index (κ1) is 31.8. The van der Waals surface area contributed by atoms with Crippen LogP contribution in [-0.2, 0) is 21.5 Å². The average Bonchev–Trinajstić information content (AvgIpc) is 3.50. The van der Waals surface area contributed by atoms with Gasteiger partial charge in [-0.05, 0) is 35.6 Å². The average molecular weight is 620 g/mol. The third-order valence-electron chi connectivity index (χ3n) is 7.70. The van der Waals surface area contributed by atoms with Crippen LogP contribution in [0.15, 0.2) is 29.8 Å². The van der Waals surface area contributed by atoms with Crippen LogP contribution < -0.4 is 16.8 Å². The highest BCUT2D eigenvalue weighted by atomic mass is 35.5. The smallest absolute Gasteiger partial charge is 0.271 e. The van der Waals surface area contributed by atoms with Gasteiger partial charge in [-0.25, -0.2) is 4.98 Å². The lowest BCUT2D eigenvalue weighted by atomic mass is 9.85. The lowest BCUT2D eigenvalue weighted by molar-refractivity contribution is -0.130. The molecule has 0 radical (unpaired) electrons. The minimum atomic E-state index is -0.349. The van der Waals surface area contributed by atoms with Gasteiger partial charge < -0.3 is 31.0 Å². The summed E-state index contributed by atoms with van der Waals surface area (Å²) in [6.45, 7) is 13.5. The van der Waals surface area contributed by atoms with E-state index in [0.717, 1.165) is 25.1 Å². The van der Waals surface area contributed by atoms with E-state index in [1.807, 2.05) is 10.6 Å². The molecule has 1 unspecified atom stereocenters. The molecule has 2 aromatic rings. The van der Waals surface area contributed by atoms with Crippen molar-refractivity contribution in [3.8, 4) is 0 Å². The van der Waals surface area contributed by atoms with E-state index in [4.69, 9.17) is 39.4 Å². The number of anilines is 1. The highest BCUT2D eigenvalue weighted by Gasteiger charge is 2.35. The standard InChI is InChI=1S/C29H40Cl2N8O3/c1-6-24(40)38-14-17(15-38)35-28(41)25-26(31)36-23(39(25)18-7-8-37(16-18)9-10-42-5)13-34-27(33)19-11-20(29(2,3)4)21(30)12-22(19)32/h6,11-12,17-18H,1,7-10,13-16,32H2,2-5H3,(H2,33,34)(H,35,41). The molecule has 0 aliphatic carbocycles. The van der Waals surface area contributed by atoms with Crippen molar-refractivity contribution in [3.63, 3.8) is 0 Å². The number of nitrogens with two attached hydrogens (primary N) is 2. The second kappa shape index (κ2) is 13.0. The van der Waals surface area contributed by atoms with Crippen LogP contribution in [0.1, 0.15) is 60.7 Å². The molecule has 0 saturated carbocycles. The first-order valence-electron chi connectivity index (χ1n) is 13.9. The maximum atomic E-state index is 13.5. The maximum Gasteiger partial charge on any atom is 0.271 e. The van der Waals surface area contributed by atoms with E-state index in [1.165, 1.54) is 6.08 Å². The highest BCUT2D eigenvalue weighted by molar-refractivity contribution is 6.32. The fourth-order valence-corrected chi connectivity index (χ4v) is 6.09. The SMILES string of the molecule is C=CC(=O)N1CC(NC(=O)c2c(Cl)nc(CN=C(N)c3cc(C(C)(C)C)c(Cl)cc3N)n2C2CCN(CCOC)C2)C1. The van der Waals surface area contributed by atoms with Gasteiger partial charge in [-0.3, -0.25) is 19.5 Å². The molecule has 0 bridgehead atoms. The van der Waals surface area contributed by atoms with Gasteiger partial charge in [0.15, 0.2) is 5.15 Å². The molecule has 5 N–H and O–H groups in total. The Hall–Kier alpha value is -3.12. The molecule has 1 atom stereocenters. The molecule has 1 aromatic carbocycles. The molecule has 2 saturated heterocycles. The number of likely N-dealkylation sites (tertiary alicyclic amines) is 2. The molecule has 1 aromatic heterocycles. The number of nitrogens with one attached hydrogen (secondary N) is 1. The molecule has 2 aliphatic rings. The molecule has 2 amide bonds. The second-order valence-electron chi connectivity index (χ2n) is 11.8. The Morgan fingerprint density at radius 3 is 2.62 bits per heavy atom. The van der Waals surface area contributed by atoms with Crippen molar-refractivity contribution >= 4 is 46.5 Å². The van der Waals surface area contributed by atoms with Crippen molar-refractivity contribution < 1.29 is 14.3 Å². The van der Waals surface area contributed by atoms with Crippen LogP contribution in [0.25, 0.3) is 0 Å². The number of nitrogen functional groups attached to an aromatic ring is 1. The quantitative estimate of drug-likeness (QED) is 0.161. The second-order valence-corrected chi connectivity index (χ2v) is 12.5. The Kier molecular flexibility index (Phi) is 9.87. The summed E-state index contributed by atoms with van der Waals surface area (Å²) in [5, 5.41) is 3.65. The Bertz CT molecular complexity index is 1380. The summed E-state index contributed by atoms with van der Waals surface area (Å²) in [5.74, 6) is 0.242. The molecular formula is C29H40Cl2N8O3. The van der Waals surface area contributed by atoms with Crippen LogP contribution in [-0.4, -0.2) is 89.5 Å². The largest absolute Gasteiger partial charge is 0.398 e. The van der Waals surface area contributed by atoms with Crippen molar-refractivity contribution in [2.45, 2.75) is 51.2 Å². The van der Waals surface area contributed by atoms with Gasteiger partial charge in [0.05, 0.1) is 19.2 Å². The molecular weight excluding hydrogens is 579 g/mol. The van der Waals surface area contributed by atoms with Crippen LogP contribution in [0.5, 0.6) is 0 Å². The number of benzene rings is 1. The highest BCUT2D eigenvalue weighted by Crippen LogP contribution is 2.33. The Labute approximate surface area is 256 Å². The lowest BCUT2D eigenvalue weighted by Gasteiger charge is -2.39. The van der Waals surface area contributed by atoms with E-state index in [1.54, 1.807) is 18.1 Å². The van der Waals surface area contributed by atoms with Gasteiger partial charge in [-0.2, -0.15) is 0 Å². The van der Waals surface area contributed by atoms with Crippen LogP contribution in [0.3, 0.4) is 0 Å². The number of carbonyl (C=O) groups excluding carboxylic acids is 2. The van der Waals surface area contributed by atoms with Gasteiger partial charge in [-0.1, -0.05) is 50.6 Å². The number of rotatable bonds is 10. The molecule has 4 rings (SSSR count). The number of hydrogen-bond donors (Lipinski definition) is 3. The topological polar surface area (TPSA) is 144 Å². The van der Waals surface area contributed by atoms with Gasteiger partial charge in [-0.15, -0.1) is 0 Å². The summed E-state index contributed by atoms with van der Waals surface area (Å²) in [6.07, 6.45) is 2.06. The third kappa shape index (κ3) is 6.91. The summed E-state index contributed by atoms with van der Waals surface area (Å²) in [5.41, 5.74) is 14.7. The minimum Gasteiger partial charge on any atom is -0.398 e. The van der Waals surface area contributed by atoms with Crippen LogP contribution in [0.4, 0.5) is 5.69 Å². The Morgan fingerprint density at radius 1 is 1.26 bits per heavy atom. The Balaban J connectivity index is 1.63. The summed E-state index contributed by atoms with van der Waals surface area (Å²) < 4.78 is 7.14. The van der Waals surface area contributed by atoms with Crippen LogP contribution in [0.2, 0.25) is 10.2 Å². The van der Waals surface area contributed by atoms with Crippen molar-refractivity contribution in [3.05, 3.63) is 57.6 Å². The number of amidine groups is 1. The van der Waals surface area contributed by atoms with Crippen LogP contribution >= 0.6 is 23.2 Å². The maximum absolute atomic E-state index is 13.5. The van der Waals surface area contributed by atoms with E-state index in [-0.39, 0.29) is 52.5 Å². The van der Waals surface area contributed by atoms with Crippen LogP contribution in [0, 0.1) is 0 Å². The lowest BCUT2D eigenvalue weighted by Crippen LogP contribution is -2.60. The molecule has 3 heterocycles. The zero-order chi connectivity index (χ0) is 30.8. The summed E-state index contributed by atoms with van der Waals surface area (Å²) >= 11 is 13.1. The molecule has 2 aliphatic heterocycles. The van der Waals surface area contributed by atoms with Gasteiger partial charge in [0.25, 0.3) is 5.91 Å². The number of nitrogens with zero attached hydrogens (tertiary/aromatic N) is 5. The molecule has 2 fully saturated rings. The van der Waals surface area contributed by atoms with Crippen molar-refractivity contribution in [1.82, 2.24) is 24.7 Å². The molecule has 42 heavy (non-hydrogen) atoms. The minimum absolute atomic E-state index is 0.0534. The van der Waals surface area contributed by atoms with E-state index in [2.05, 4.69) is 47.5 Å². The zero-order valence-electron chi connectivity index (χ0n) is 24.6. The predicted octanol–water partition coefficient (Wildman–Crippen LogP) is 2.99. The normalized spacial score (nSPS) is 18.3. The monoisotopic (exact) mass is 618 g/mol. The number of carbonyl (C=O) groups is 2. The van der Waals surface area contributed by atoms with Gasteiger partial charge in [0.2, 0.25) is 5.91 Å². The molecule has 0 spiro atoms. The van der Waals surface area contributed by atoms with E-state index >= 15 is 0 Å². The number of imidazole rings is 1. The fraction of sp³-hybridized carbons (Fsp3) is 0.517. The van der Waals surface area contributed by atoms with Crippen molar-refractivity contribution in [2.75, 3.05) is 52.2 Å². The zero-order valence-corrected chi connectivity index (χ0v) is 26.1. The third-order valence-corrected chi connectivity index (χ3v) is 8.27. The summed E-state index contributed by atoms with van der Waals surface area (Å²) in [6, 6.07) is 3.32. The number of hydrogen-bond acceptors (Lipinski definition) is 7. The number of halogens is 2. The van der Waals surface area contributed by atoms with E-state index < -0.39 is 0 Å². The number of ether oxygens (including phenoxy) is 1. The first-order valence-corrected chi connectivity index (χ1v) is 14.7. The number of amides is 2. The predicted molar refractivity (Wildman–Crippen MR) is 166 cm³/mol. The van der Waals surface area contributed by atoms with E-state index in [0.29, 0.717) is 48.3 Å². The number of methoxy groups -OCH3 is 1. The first-order chi connectivity index (χ1) is 19.8. The van der Waals surface area contributed by atoms with E-state index in [9.17, 15) is 9.59 Å². The van der Waals surface area contributed by atoms with Gasteiger partial charge in [0, 0.05) is 62.1 Å². The van der Waals surface area contributed by atoms with Gasteiger partial charge in [0.1, 0.15) is 17.4 Å². The Morgan fingerprint density at radius 2 is 1.98 bits per heavy atom. The summed E-state index contributed by atoms with van der Waals surface area (Å²) in [4.78, 5) is 38.4. The van der Waals surface area contributed by atoms with Gasteiger partial charge >= 0.3 is 0 Å². The van der Waals surface area contributed by atoms with Crippen molar-refractivity contribution in [2.24, 2.45) is 10.7 Å². The molecule has 228 valence electrons. The van der Waals surface area contributed by atoms with Crippen molar-refractivity contribution in [1.29, 1.82) is 0 Å². The molecule has 11 nitrogen and oxygen atoms in total. The summed E-state index contributed by atoms with van der Waals surface area (Å²) in [7, 11) is 1.67. The number of aliphatic imine (C=N–C) groups is 1.